The van der Waals surface area contributed by atoms with E-state index in [1.54, 1.807) is 18.3 Å². The molecule has 1 aromatic heterocycles. The fourth-order valence-corrected chi connectivity index (χ4v) is 4.43. The number of aryl methyl sites for hydroxylation is 2. The van der Waals surface area contributed by atoms with Crippen molar-refractivity contribution in [3.63, 3.8) is 0 Å². The van der Waals surface area contributed by atoms with Crippen LogP contribution in [0.15, 0.2) is 35.4 Å². The summed E-state index contributed by atoms with van der Waals surface area (Å²) in [7, 11) is 0. The van der Waals surface area contributed by atoms with Crippen LogP contribution in [0.3, 0.4) is 0 Å². The molecule has 0 N–H and O–H groups in total. The van der Waals surface area contributed by atoms with Crippen molar-refractivity contribution in [2.24, 2.45) is 11.0 Å². The van der Waals surface area contributed by atoms with E-state index in [1.807, 2.05) is 37.3 Å². The number of ketones is 1. The highest BCUT2D eigenvalue weighted by atomic mass is 32.1. The highest BCUT2D eigenvalue weighted by Gasteiger charge is 2.35. The van der Waals surface area contributed by atoms with Gasteiger partial charge in [-0.05, 0) is 44.9 Å². The number of amides is 1. The zero-order valence-corrected chi connectivity index (χ0v) is 14.5. The summed E-state index contributed by atoms with van der Waals surface area (Å²) in [6.45, 7) is 3.62. The van der Waals surface area contributed by atoms with Gasteiger partial charge in [0.25, 0.3) is 0 Å². The Bertz CT molecular complexity index is 864. The summed E-state index contributed by atoms with van der Waals surface area (Å²) >= 11 is 1.57. The Morgan fingerprint density at radius 1 is 1.29 bits per heavy atom. The highest BCUT2D eigenvalue weighted by Crippen LogP contribution is 2.37. The molecule has 0 spiro atoms. The molecule has 24 heavy (non-hydrogen) atoms. The second-order valence-electron chi connectivity index (χ2n) is 6.47. The molecule has 0 radical (unpaired) electrons. The summed E-state index contributed by atoms with van der Waals surface area (Å²) in [6.07, 6.45) is 2.34. The largest absolute Gasteiger partial charge is 0.294 e. The van der Waals surface area contributed by atoms with Crippen LogP contribution in [0.1, 0.15) is 45.4 Å². The summed E-state index contributed by atoms with van der Waals surface area (Å²) in [6, 6.07) is 9.78. The third-order valence-electron chi connectivity index (χ3n) is 4.68. The van der Waals surface area contributed by atoms with Crippen molar-refractivity contribution in [3.8, 4) is 0 Å². The van der Waals surface area contributed by atoms with E-state index in [-0.39, 0.29) is 17.6 Å². The lowest BCUT2D eigenvalue weighted by molar-refractivity contribution is -0.119. The average molecular weight is 338 g/mol. The second-order valence-corrected chi connectivity index (χ2v) is 7.61. The van der Waals surface area contributed by atoms with Crippen molar-refractivity contribution in [2.45, 2.75) is 33.1 Å². The molecule has 2 aliphatic rings. The Morgan fingerprint density at radius 2 is 2.04 bits per heavy atom. The zero-order chi connectivity index (χ0) is 16.8. The van der Waals surface area contributed by atoms with Gasteiger partial charge in [-0.15, -0.1) is 11.3 Å². The van der Waals surface area contributed by atoms with Gasteiger partial charge in [0.15, 0.2) is 5.78 Å². The van der Waals surface area contributed by atoms with Crippen molar-refractivity contribution >= 4 is 34.4 Å². The predicted octanol–water partition coefficient (Wildman–Crippen LogP) is 3.96. The molecule has 2 heterocycles. The number of thiophene rings is 1. The van der Waals surface area contributed by atoms with Crippen molar-refractivity contribution in [3.05, 3.63) is 51.2 Å². The van der Waals surface area contributed by atoms with Crippen molar-refractivity contribution in [1.29, 1.82) is 0 Å². The van der Waals surface area contributed by atoms with Crippen molar-refractivity contribution in [2.75, 3.05) is 5.01 Å². The van der Waals surface area contributed by atoms with Crippen LogP contribution in [0.5, 0.6) is 0 Å². The maximum Gasteiger partial charge on any atom is 0.248 e. The van der Waals surface area contributed by atoms with Gasteiger partial charge in [-0.25, -0.2) is 5.01 Å². The summed E-state index contributed by atoms with van der Waals surface area (Å²) in [4.78, 5) is 26.2. The molecule has 1 aliphatic carbocycles. The first-order valence-electron chi connectivity index (χ1n) is 8.15. The number of hydrogen-bond donors (Lipinski definition) is 0. The summed E-state index contributed by atoms with van der Waals surface area (Å²) < 4.78 is 0. The number of nitrogens with zero attached hydrogens (tertiary/aromatic N) is 2. The van der Waals surface area contributed by atoms with Gasteiger partial charge in [-0.3, -0.25) is 9.59 Å². The summed E-state index contributed by atoms with van der Waals surface area (Å²) in [5.74, 6) is 0.299. The minimum atomic E-state index is 0.0399. The first kappa shape index (κ1) is 15.3. The Balaban J connectivity index is 1.78. The van der Waals surface area contributed by atoms with E-state index in [1.165, 1.54) is 9.89 Å². The first-order valence-corrected chi connectivity index (χ1v) is 8.96. The first-order chi connectivity index (χ1) is 11.5. The SMILES string of the molecule is CC(=O)c1cc2c(s1)CCC1CC(=O)N(c3ccc(C)cc3)N=C21. The van der Waals surface area contributed by atoms with E-state index >= 15 is 0 Å². The lowest BCUT2D eigenvalue weighted by Gasteiger charge is -2.32. The summed E-state index contributed by atoms with van der Waals surface area (Å²) in [5.41, 5.74) is 3.97. The quantitative estimate of drug-likeness (QED) is 0.778. The normalized spacial score (nSPS) is 19.6. The minimum absolute atomic E-state index is 0.0399. The molecular formula is C19H18N2O2S. The van der Waals surface area contributed by atoms with E-state index in [2.05, 4.69) is 0 Å². The monoisotopic (exact) mass is 338 g/mol. The van der Waals surface area contributed by atoms with Gasteiger partial charge in [0.1, 0.15) is 0 Å². The molecule has 0 saturated heterocycles. The second kappa shape index (κ2) is 5.67. The highest BCUT2D eigenvalue weighted by molar-refractivity contribution is 7.14. The lowest BCUT2D eigenvalue weighted by Crippen LogP contribution is -2.39. The van der Waals surface area contributed by atoms with Crippen LogP contribution < -0.4 is 5.01 Å². The van der Waals surface area contributed by atoms with E-state index in [9.17, 15) is 9.59 Å². The molecule has 4 rings (SSSR count). The number of benzene rings is 1. The fourth-order valence-electron chi connectivity index (χ4n) is 3.35. The third kappa shape index (κ3) is 2.49. The van der Waals surface area contributed by atoms with Crippen LogP contribution in [-0.4, -0.2) is 17.4 Å². The predicted molar refractivity (Wildman–Crippen MR) is 96.0 cm³/mol. The fraction of sp³-hybridized carbons (Fsp3) is 0.316. The van der Waals surface area contributed by atoms with Crippen molar-refractivity contribution < 1.29 is 9.59 Å². The van der Waals surface area contributed by atoms with Crippen molar-refractivity contribution in [1.82, 2.24) is 0 Å². The molecule has 1 aliphatic heterocycles. The number of Topliss-reactive ketones (excluding diaryl/α,β-unsaturated/α-hetero) is 1. The van der Waals surface area contributed by atoms with Gasteiger partial charge in [0.05, 0.1) is 16.3 Å². The Morgan fingerprint density at radius 3 is 2.75 bits per heavy atom. The summed E-state index contributed by atoms with van der Waals surface area (Å²) in [5, 5.41) is 6.21. The van der Waals surface area contributed by atoms with Crippen LogP contribution in [0.2, 0.25) is 0 Å². The Kier molecular flexibility index (Phi) is 3.61. The van der Waals surface area contributed by atoms with Crippen LogP contribution in [0.25, 0.3) is 0 Å². The zero-order valence-electron chi connectivity index (χ0n) is 13.7. The van der Waals surface area contributed by atoms with Crippen LogP contribution in [0, 0.1) is 12.8 Å². The van der Waals surface area contributed by atoms with Gasteiger partial charge in [-0.2, -0.15) is 5.10 Å². The molecule has 4 nitrogen and oxygen atoms in total. The molecule has 1 aromatic carbocycles. The number of carbonyl (C=O) groups excluding carboxylic acids is 2. The Hall–Kier alpha value is -2.27. The molecule has 2 aromatic rings. The molecule has 1 atom stereocenters. The van der Waals surface area contributed by atoms with Crippen LogP contribution in [0.4, 0.5) is 5.69 Å². The van der Waals surface area contributed by atoms with E-state index in [0.29, 0.717) is 6.42 Å². The number of carbonyl (C=O) groups is 2. The van der Waals surface area contributed by atoms with Crippen LogP contribution >= 0.6 is 11.3 Å². The van der Waals surface area contributed by atoms with Gasteiger partial charge in [-0.1, -0.05) is 17.7 Å². The van der Waals surface area contributed by atoms with Gasteiger partial charge in [0, 0.05) is 22.8 Å². The number of rotatable bonds is 2. The Labute approximate surface area is 144 Å². The number of hydrogen-bond acceptors (Lipinski definition) is 4. The number of anilines is 1. The van der Waals surface area contributed by atoms with Crippen LogP contribution in [-0.2, 0) is 11.2 Å². The van der Waals surface area contributed by atoms with E-state index in [0.717, 1.165) is 40.2 Å². The molecule has 1 unspecified atom stereocenters. The van der Waals surface area contributed by atoms with E-state index < -0.39 is 0 Å². The number of fused-ring (bicyclic) bond motifs is 3. The van der Waals surface area contributed by atoms with Gasteiger partial charge >= 0.3 is 0 Å². The number of hydrazone groups is 1. The molecule has 122 valence electrons. The maximum absolute atomic E-state index is 12.5. The topological polar surface area (TPSA) is 49.7 Å². The molecule has 0 bridgehead atoms. The molecular weight excluding hydrogens is 320 g/mol. The third-order valence-corrected chi connectivity index (χ3v) is 5.98. The lowest BCUT2D eigenvalue weighted by atomic mass is 9.83. The molecule has 1 amide bonds. The molecule has 0 saturated carbocycles. The smallest absolute Gasteiger partial charge is 0.248 e. The maximum atomic E-state index is 12.5. The molecule has 5 heteroatoms. The van der Waals surface area contributed by atoms with Gasteiger partial charge in [0.2, 0.25) is 5.91 Å². The van der Waals surface area contributed by atoms with E-state index in [4.69, 9.17) is 5.10 Å². The standard InChI is InChI=1S/C19H18N2O2S/c1-11-3-6-14(7-4-11)21-18(23)9-13-5-8-16-15(19(13)20-21)10-17(24-16)12(2)22/h3-4,6-7,10,13H,5,8-9H2,1-2H3. The average Bonchev–Trinajstić information content (AvgIpc) is 3.00. The molecule has 0 fully saturated rings. The minimum Gasteiger partial charge on any atom is -0.294 e. The van der Waals surface area contributed by atoms with Gasteiger partial charge < -0.3 is 0 Å².